The van der Waals surface area contributed by atoms with Crippen molar-refractivity contribution < 1.29 is 9.53 Å². The normalized spacial score (nSPS) is 15.5. The van der Waals surface area contributed by atoms with Crippen molar-refractivity contribution in [3.8, 4) is 5.75 Å². The zero-order valence-corrected chi connectivity index (χ0v) is 19.3. The van der Waals surface area contributed by atoms with E-state index in [-0.39, 0.29) is 11.8 Å². The molecule has 0 spiro atoms. The number of anilines is 1. The fourth-order valence-electron chi connectivity index (χ4n) is 4.14. The van der Waals surface area contributed by atoms with Gasteiger partial charge in [-0.3, -0.25) is 9.69 Å². The second kappa shape index (κ2) is 10.1. The Hall–Kier alpha value is -2.63. The van der Waals surface area contributed by atoms with Crippen molar-refractivity contribution in [3.63, 3.8) is 0 Å². The number of nitrogens with zero attached hydrogens (tertiary/aromatic N) is 2. The second-order valence-electron chi connectivity index (χ2n) is 7.78. The van der Waals surface area contributed by atoms with Crippen LogP contribution in [-0.4, -0.2) is 44.0 Å². The zero-order chi connectivity index (χ0) is 21.6. The zero-order valence-electron chi connectivity index (χ0n) is 17.7. The number of methoxy groups -OCH3 is 1. The Balaban J connectivity index is 1.52. The van der Waals surface area contributed by atoms with Gasteiger partial charge in [0.25, 0.3) is 0 Å². The SMILES string of the molecule is COc1ccc([C@H](CC(=O)c2ccc(Br)cc2)N2CCN(c3ccccc3)CC2)cc1. The van der Waals surface area contributed by atoms with Crippen LogP contribution in [0.15, 0.2) is 83.3 Å². The highest BCUT2D eigenvalue weighted by Crippen LogP contribution is 2.30. The lowest BCUT2D eigenvalue weighted by atomic mass is 9.95. The van der Waals surface area contributed by atoms with Gasteiger partial charge in [0.1, 0.15) is 5.75 Å². The van der Waals surface area contributed by atoms with Crippen molar-refractivity contribution in [1.29, 1.82) is 0 Å². The average Bonchev–Trinajstić information content (AvgIpc) is 2.84. The molecule has 0 bridgehead atoms. The molecule has 3 aromatic rings. The highest BCUT2D eigenvalue weighted by molar-refractivity contribution is 9.10. The Labute approximate surface area is 192 Å². The Morgan fingerprint density at radius 1 is 0.903 bits per heavy atom. The molecule has 4 rings (SSSR count). The molecule has 1 aliphatic rings. The van der Waals surface area contributed by atoms with Crippen molar-refractivity contribution in [1.82, 2.24) is 4.90 Å². The molecular formula is C26H27BrN2O2. The van der Waals surface area contributed by atoms with E-state index in [9.17, 15) is 4.79 Å². The van der Waals surface area contributed by atoms with E-state index in [2.05, 4.69) is 62.1 Å². The molecule has 1 atom stereocenters. The summed E-state index contributed by atoms with van der Waals surface area (Å²) in [7, 11) is 1.67. The van der Waals surface area contributed by atoms with Crippen LogP contribution in [0.2, 0.25) is 0 Å². The number of benzene rings is 3. The number of rotatable bonds is 7. The van der Waals surface area contributed by atoms with Crippen molar-refractivity contribution in [2.45, 2.75) is 12.5 Å². The van der Waals surface area contributed by atoms with Gasteiger partial charge in [0, 0.05) is 54.4 Å². The molecule has 0 aromatic heterocycles. The van der Waals surface area contributed by atoms with Crippen LogP contribution in [-0.2, 0) is 0 Å². The summed E-state index contributed by atoms with van der Waals surface area (Å²) in [6.07, 6.45) is 0.458. The molecule has 0 N–H and O–H groups in total. The van der Waals surface area contributed by atoms with E-state index in [0.717, 1.165) is 47.5 Å². The van der Waals surface area contributed by atoms with E-state index in [1.54, 1.807) is 7.11 Å². The van der Waals surface area contributed by atoms with Crippen molar-refractivity contribution in [2.24, 2.45) is 0 Å². The van der Waals surface area contributed by atoms with E-state index < -0.39 is 0 Å². The van der Waals surface area contributed by atoms with Crippen LogP contribution in [0.3, 0.4) is 0 Å². The van der Waals surface area contributed by atoms with Crippen LogP contribution < -0.4 is 9.64 Å². The Bertz CT molecular complexity index is 982. The number of carbonyl (C=O) groups is 1. The first-order valence-corrected chi connectivity index (χ1v) is 11.4. The van der Waals surface area contributed by atoms with Crippen LogP contribution in [0, 0.1) is 0 Å². The van der Waals surface area contributed by atoms with Gasteiger partial charge in [0.05, 0.1) is 7.11 Å². The molecule has 31 heavy (non-hydrogen) atoms. The van der Waals surface area contributed by atoms with Crippen LogP contribution in [0.5, 0.6) is 5.75 Å². The van der Waals surface area contributed by atoms with Gasteiger partial charge in [-0.2, -0.15) is 0 Å². The smallest absolute Gasteiger partial charge is 0.164 e. The molecule has 1 saturated heterocycles. The first-order valence-electron chi connectivity index (χ1n) is 10.6. The number of ketones is 1. The number of Topliss-reactive ketones (excluding diaryl/α,β-unsaturated/α-hetero) is 1. The van der Waals surface area contributed by atoms with Crippen LogP contribution in [0.1, 0.15) is 28.4 Å². The summed E-state index contributed by atoms with van der Waals surface area (Å²) in [5.74, 6) is 0.995. The Morgan fingerprint density at radius 3 is 2.16 bits per heavy atom. The summed E-state index contributed by atoms with van der Waals surface area (Å²) in [6, 6.07) is 26.3. The standard InChI is InChI=1S/C26H27BrN2O2/c1-31-24-13-9-20(10-14-24)25(19-26(30)21-7-11-22(27)12-8-21)29-17-15-28(16-18-29)23-5-3-2-4-6-23/h2-14,25H,15-19H2,1H3/t25-/m0/s1. The minimum absolute atomic E-state index is 0.0416. The molecule has 0 saturated carbocycles. The predicted octanol–water partition coefficient (Wildman–Crippen LogP) is 5.59. The Kier molecular flexibility index (Phi) is 7.05. The lowest BCUT2D eigenvalue weighted by molar-refractivity contribution is 0.0910. The fraction of sp³-hybridized carbons (Fsp3) is 0.269. The largest absolute Gasteiger partial charge is 0.497 e. The minimum Gasteiger partial charge on any atom is -0.497 e. The highest BCUT2D eigenvalue weighted by Gasteiger charge is 2.27. The van der Waals surface area contributed by atoms with Crippen LogP contribution in [0.4, 0.5) is 5.69 Å². The second-order valence-corrected chi connectivity index (χ2v) is 8.70. The van der Waals surface area contributed by atoms with Crippen LogP contribution in [0.25, 0.3) is 0 Å². The van der Waals surface area contributed by atoms with Gasteiger partial charge < -0.3 is 9.64 Å². The molecule has 0 aliphatic carbocycles. The molecule has 0 amide bonds. The quantitative estimate of drug-likeness (QED) is 0.414. The van der Waals surface area contributed by atoms with Gasteiger partial charge in [-0.05, 0) is 42.0 Å². The number of piperazine rings is 1. The number of hydrogen-bond acceptors (Lipinski definition) is 4. The molecule has 160 valence electrons. The highest BCUT2D eigenvalue weighted by atomic mass is 79.9. The lowest BCUT2D eigenvalue weighted by Crippen LogP contribution is -2.48. The topological polar surface area (TPSA) is 32.8 Å². The summed E-state index contributed by atoms with van der Waals surface area (Å²) in [6.45, 7) is 3.73. The van der Waals surface area contributed by atoms with Gasteiger partial charge >= 0.3 is 0 Å². The van der Waals surface area contributed by atoms with Crippen molar-refractivity contribution in [3.05, 3.63) is 94.5 Å². The van der Waals surface area contributed by atoms with E-state index in [0.29, 0.717) is 6.42 Å². The minimum atomic E-state index is 0.0416. The van der Waals surface area contributed by atoms with E-state index in [4.69, 9.17) is 4.74 Å². The summed E-state index contributed by atoms with van der Waals surface area (Å²) < 4.78 is 6.31. The number of ether oxygens (including phenoxy) is 1. The number of carbonyl (C=O) groups excluding carboxylic acids is 1. The summed E-state index contributed by atoms with van der Waals surface area (Å²) >= 11 is 3.45. The summed E-state index contributed by atoms with van der Waals surface area (Å²) in [5.41, 5.74) is 3.16. The molecule has 4 nitrogen and oxygen atoms in total. The van der Waals surface area contributed by atoms with Gasteiger partial charge in [-0.1, -0.05) is 58.4 Å². The van der Waals surface area contributed by atoms with E-state index >= 15 is 0 Å². The molecule has 0 radical (unpaired) electrons. The van der Waals surface area contributed by atoms with E-state index in [1.165, 1.54) is 5.69 Å². The maximum absolute atomic E-state index is 13.1. The van der Waals surface area contributed by atoms with Gasteiger partial charge in [-0.25, -0.2) is 0 Å². The average molecular weight is 479 g/mol. The molecular weight excluding hydrogens is 452 g/mol. The van der Waals surface area contributed by atoms with Gasteiger partial charge in [0.2, 0.25) is 0 Å². The van der Waals surface area contributed by atoms with Crippen LogP contribution >= 0.6 is 15.9 Å². The first kappa shape index (κ1) is 21.6. The Morgan fingerprint density at radius 2 is 1.55 bits per heavy atom. The third-order valence-corrected chi connectivity index (χ3v) is 6.45. The predicted molar refractivity (Wildman–Crippen MR) is 129 cm³/mol. The maximum Gasteiger partial charge on any atom is 0.164 e. The van der Waals surface area contributed by atoms with Gasteiger partial charge in [-0.15, -0.1) is 0 Å². The monoisotopic (exact) mass is 478 g/mol. The van der Waals surface area contributed by atoms with Crippen molar-refractivity contribution in [2.75, 3.05) is 38.2 Å². The molecule has 1 heterocycles. The number of halogens is 1. The fourth-order valence-corrected chi connectivity index (χ4v) is 4.41. The molecule has 1 aliphatic heterocycles. The third-order valence-electron chi connectivity index (χ3n) is 5.92. The molecule has 5 heteroatoms. The molecule has 1 fully saturated rings. The molecule has 0 unspecified atom stereocenters. The maximum atomic E-state index is 13.1. The van der Waals surface area contributed by atoms with Gasteiger partial charge in [0.15, 0.2) is 5.78 Å². The first-order chi connectivity index (χ1) is 15.1. The number of para-hydroxylation sites is 1. The van der Waals surface area contributed by atoms with E-state index in [1.807, 2.05) is 42.5 Å². The summed E-state index contributed by atoms with van der Waals surface area (Å²) in [4.78, 5) is 18.0. The third kappa shape index (κ3) is 5.35. The number of hydrogen-bond donors (Lipinski definition) is 0. The lowest BCUT2D eigenvalue weighted by Gasteiger charge is -2.40. The molecule has 3 aromatic carbocycles. The van der Waals surface area contributed by atoms with Crippen molar-refractivity contribution >= 4 is 27.4 Å². The summed E-state index contributed by atoms with van der Waals surface area (Å²) in [5, 5.41) is 0.